The van der Waals surface area contributed by atoms with E-state index in [1.165, 1.54) is 6.07 Å². The Morgan fingerprint density at radius 1 is 1.50 bits per heavy atom. The van der Waals surface area contributed by atoms with Gasteiger partial charge in [-0.1, -0.05) is 19.9 Å². The third-order valence-corrected chi connectivity index (χ3v) is 5.44. The van der Waals surface area contributed by atoms with Crippen molar-refractivity contribution in [3.63, 3.8) is 0 Å². The molecule has 16 heavy (non-hydrogen) atoms. The monoisotopic (exact) mass is 304 g/mol. The molecular formula is C12H14BrFOS. The molecule has 0 bridgehead atoms. The highest BCUT2D eigenvalue weighted by Gasteiger charge is 2.32. The van der Waals surface area contributed by atoms with Gasteiger partial charge in [0.15, 0.2) is 0 Å². The van der Waals surface area contributed by atoms with Crippen LogP contribution in [-0.2, 0) is 5.75 Å². The molecule has 1 aliphatic rings. The smallest absolute Gasteiger partial charge is 0.137 e. The van der Waals surface area contributed by atoms with Crippen molar-refractivity contribution in [3.8, 4) is 0 Å². The lowest BCUT2D eigenvalue weighted by molar-refractivity contribution is 0.155. The molecule has 0 saturated carbocycles. The van der Waals surface area contributed by atoms with Crippen LogP contribution in [0.25, 0.3) is 0 Å². The van der Waals surface area contributed by atoms with E-state index < -0.39 is 6.10 Å². The minimum Gasteiger partial charge on any atom is -0.387 e. The first-order chi connectivity index (χ1) is 7.52. The number of aliphatic hydroxyl groups excluding tert-OH is 1. The minimum absolute atomic E-state index is 0.199. The number of hydrogen-bond donors (Lipinski definition) is 1. The molecule has 0 aliphatic carbocycles. The molecule has 88 valence electrons. The minimum atomic E-state index is -0.495. The zero-order valence-corrected chi connectivity index (χ0v) is 11.6. The van der Waals surface area contributed by atoms with Gasteiger partial charge in [-0.3, -0.25) is 0 Å². The normalized spacial score (nSPS) is 24.6. The van der Waals surface area contributed by atoms with Gasteiger partial charge in [-0.15, -0.1) is 0 Å². The number of hydrogen-bond acceptors (Lipinski definition) is 2. The number of benzene rings is 1. The first-order valence-corrected chi connectivity index (χ1v) is 7.13. The molecule has 2 atom stereocenters. The fraction of sp³-hybridized carbons (Fsp3) is 0.500. The Hall–Kier alpha value is -0.0600. The lowest BCUT2D eigenvalue weighted by Crippen LogP contribution is -2.26. The summed E-state index contributed by atoms with van der Waals surface area (Å²) in [6, 6.07) is 3.12. The molecule has 4 heteroatoms. The number of rotatable bonds is 1. The van der Waals surface area contributed by atoms with Crippen molar-refractivity contribution >= 4 is 27.7 Å². The van der Waals surface area contributed by atoms with Crippen molar-refractivity contribution in [3.05, 3.63) is 33.5 Å². The van der Waals surface area contributed by atoms with Gasteiger partial charge in [-0.2, -0.15) is 11.8 Å². The third-order valence-electron chi connectivity index (χ3n) is 2.94. The van der Waals surface area contributed by atoms with E-state index in [0.717, 1.165) is 16.9 Å². The van der Waals surface area contributed by atoms with Crippen LogP contribution in [-0.4, -0.2) is 10.4 Å². The van der Waals surface area contributed by atoms with Gasteiger partial charge in [0, 0.05) is 11.0 Å². The molecule has 0 radical (unpaired) electrons. The van der Waals surface area contributed by atoms with E-state index in [0.29, 0.717) is 10.4 Å². The average molecular weight is 305 g/mol. The number of fused-ring (bicyclic) bond motifs is 1. The van der Waals surface area contributed by atoms with Crippen LogP contribution >= 0.6 is 27.7 Å². The highest BCUT2D eigenvalue weighted by Crippen LogP contribution is 2.43. The number of aliphatic hydroxyl groups is 1. The topological polar surface area (TPSA) is 20.2 Å². The Kier molecular flexibility index (Phi) is 3.62. The second kappa shape index (κ2) is 4.67. The molecular weight excluding hydrogens is 291 g/mol. The zero-order chi connectivity index (χ0) is 11.9. The Morgan fingerprint density at radius 3 is 2.81 bits per heavy atom. The lowest BCUT2D eigenvalue weighted by atomic mass is 9.95. The fourth-order valence-electron chi connectivity index (χ4n) is 2.04. The average Bonchev–Trinajstić information content (AvgIpc) is 2.23. The molecule has 0 amide bonds. The summed E-state index contributed by atoms with van der Waals surface area (Å²) in [5.41, 5.74) is 1.76. The summed E-state index contributed by atoms with van der Waals surface area (Å²) in [5, 5.41) is 10.4. The molecule has 2 rings (SSSR count). The first kappa shape index (κ1) is 12.4. The van der Waals surface area contributed by atoms with Gasteiger partial charge >= 0.3 is 0 Å². The zero-order valence-electron chi connectivity index (χ0n) is 9.21. The Bertz CT molecular complexity index is 408. The van der Waals surface area contributed by atoms with Gasteiger partial charge in [-0.05, 0) is 39.0 Å². The van der Waals surface area contributed by atoms with E-state index in [4.69, 9.17) is 0 Å². The van der Waals surface area contributed by atoms with E-state index in [2.05, 4.69) is 29.8 Å². The second-order valence-corrected chi connectivity index (χ2v) is 6.35. The molecule has 0 aromatic heterocycles. The van der Waals surface area contributed by atoms with Crippen LogP contribution in [0.2, 0.25) is 0 Å². The Labute approximate surface area is 108 Å². The van der Waals surface area contributed by atoms with Crippen LogP contribution in [0.4, 0.5) is 4.39 Å². The maximum Gasteiger partial charge on any atom is 0.137 e. The maximum atomic E-state index is 13.4. The third kappa shape index (κ3) is 2.03. The molecule has 1 nitrogen and oxygen atoms in total. The van der Waals surface area contributed by atoms with E-state index in [9.17, 15) is 9.50 Å². The SMILES string of the molecule is CC(C)C1SCc2c(ccc(F)c2Br)C1O. The summed E-state index contributed by atoms with van der Waals surface area (Å²) in [5.74, 6) is 0.916. The van der Waals surface area contributed by atoms with Gasteiger partial charge in [0.1, 0.15) is 5.82 Å². The summed E-state index contributed by atoms with van der Waals surface area (Å²) in [6.07, 6.45) is -0.495. The van der Waals surface area contributed by atoms with Gasteiger partial charge < -0.3 is 5.11 Å². The van der Waals surface area contributed by atoms with Crippen molar-refractivity contribution in [2.75, 3.05) is 0 Å². The maximum absolute atomic E-state index is 13.4. The van der Waals surface area contributed by atoms with Gasteiger partial charge in [0.2, 0.25) is 0 Å². The molecule has 0 saturated heterocycles. The summed E-state index contributed by atoms with van der Waals surface area (Å²) < 4.78 is 13.9. The van der Waals surface area contributed by atoms with Crippen molar-refractivity contribution < 1.29 is 9.50 Å². The van der Waals surface area contributed by atoms with Crippen molar-refractivity contribution in [1.82, 2.24) is 0 Å². The molecule has 0 spiro atoms. The van der Waals surface area contributed by atoms with Gasteiger partial charge in [0.25, 0.3) is 0 Å². The lowest BCUT2D eigenvalue weighted by Gasteiger charge is -2.32. The first-order valence-electron chi connectivity index (χ1n) is 5.28. The summed E-state index contributed by atoms with van der Waals surface area (Å²) in [6.45, 7) is 4.20. The van der Waals surface area contributed by atoms with Gasteiger partial charge in [-0.25, -0.2) is 4.39 Å². The van der Waals surface area contributed by atoms with Crippen LogP contribution in [0, 0.1) is 11.7 Å². The summed E-state index contributed by atoms with van der Waals surface area (Å²) in [4.78, 5) is 0. The number of halogens is 2. The molecule has 1 aromatic carbocycles. The standard InChI is InChI=1S/C12H14BrFOS/c1-6(2)12-11(15)7-3-4-9(14)10(13)8(7)5-16-12/h3-4,6,11-12,15H,5H2,1-2H3. The molecule has 1 heterocycles. The Morgan fingerprint density at radius 2 is 2.19 bits per heavy atom. The molecule has 1 aliphatic heterocycles. The molecule has 1 N–H and O–H groups in total. The van der Waals surface area contributed by atoms with Crippen molar-refractivity contribution in [1.29, 1.82) is 0 Å². The van der Waals surface area contributed by atoms with Gasteiger partial charge in [0.05, 0.1) is 10.6 Å². The van der Waals surface area contributed by atoms with Crippen LogP contribution < -0.4 is 0 Å². The molecule has 2 unspecified atom stereocenters. The highest BCUT2D eigenvalue weighted by atomic mass is 79.9. The predicted octanol–water partition coefficient (Wildman–Crippen LogP) is 3.89. The van der Waals surface area contributed by atoms with Crippen LogP contribution in [0.3, 0.4) is 0 Å². The molecule has 1 aromatic rings. The van der Waals surface area contributed by atoms with E-state index in [1.807, 2.05) is 0 Å². The van der Waals surface area contributed by atoms with E-state index in [1.54, 1.807) is 17.8 Å². The Balaban J connectivity index is 2.43. The van der Waals surface area contributed by atoms with E-state index in [-0.39, 0.29) is 11.1 Å². The fourth-order valence-corrected chi connectivity index (χ4v) is 4.11. The predicted molar refractivity (Wildman–Crippen MR) is 69.0 cm³/mol. The van der Waals surface area contributed by atoms with Crippen LogP contribution in [0.5, 0.6) is 0 Å². The summed E-state index contributed by atoms with van der Waals surface area (Å²) in [7, 11) is 0. The van der Waals surface area contributed by atoms with Crippen LogP contribution in [0.15, 0.2) is 16.6 Å². The van der Waals surface area contributed by atoms with E-state index >= 15 is 0 Å². The summed E-state index contributed by atoms with van der Waals surface area (Å²) >= 11 is 4.95. The second-order valence-electron chi connectivity index (χ2n) is 4.39. The van der Waals surface area contributed by atoms with Crippen LogP contribution in [0.1, 0.15) is 31.1 Å². The number of thioether (sulfide) groups is 1. The highest BCUT2D eigenvalue weighted by molar-refractivity contribution is 9.10. The largest absolute Gasteiger partial charge is 0.387 e. The molecule has 0 fully saturated rings. The quantitative estimate of drug-likeness (QED) is 0.849. The van der Waals surface area contributed by atoms with Crippen molar-refractivity contribution in [2.45, 2.75) is 31.0 Å². The van der Waals surface area contributed by atoms with Crippen molar-refractivity contribution in [2.24, 2.45) is 5.92 Å².